The van der Waals surface area contributed by atoms with Crippen LogP contribution in [0.4, 0.5) is 4.39 Å². The van der Waals surface area contributed by atoms with Gasteiger partial charge in [0, 0.05) is 32.3 Å². The number of aromatic nitrogens is 2. The fraction of sp³-hybridized carbons (Fsp3) is 0.412. The third kappa shape index (κ3) is 4.55. The highest BCUT2D eigenvalue weighted by Crippen LogP contribution is 2.22. The number of nitrogens with one attached hydrogen (secondary N) is 2. The summed E-state index contributed by atoms with van der Waals surface area (Å²) in [5.41, 5.74) is 2.01. The van der Waals surface area contributed by atoms with E-state index in [4.69, 9.17) is 0 Å². The second-order valence-corrected chi connectivity index (χ2v) is 6.12. The molecule has 0 saturated carbocycles. The van der Waals surface area contributed by atoms with Crippen LogP contribution in [0.5, 0.6) is 0 Å². The zero-order valence-electron chi connectivity index (χ0n) is 14.1. The highest BCUT2D eigenvalue weighted by atomic mass is 19.1. The van der Waals surface area contributed by atoms with Crippen molar-refractivity contribution in [2.45, 2.75) is 25.8 Å². The van der Waals surface area contributed by atoms with Crippen molar-refractivity contribution in [1.29, 1.82) is 0 Å². The predicted molar refractivity (Wildman–Crippen MR) is 90.8 cm³/mol. The molecule has 2 rings (SSSR count). The summed E-state index contributed by atoms with van der Waals surface area (Å²) in [6.45, 7) is 5.56. The molecule has 5 nitrogen and oxygen atoms in total. The lowest BCUT2D eigenvalue weighted by Gasteiger charge is -2.26. The van der Waals surface area contributed by atoms with Crippen LogP contribution in [0.15, 0.2) is 41.5 Å². The molecule has 2 aromatic rings. The molecule has 1 heterocycles. The first-order valence-electron chi connectivity index (χ1n) is 7.60. The van der Waals surface area contributed by atoms with Gasteiger partial charge in [-0.2, -0.15) is 5.10 Å². The Balaban J connectivity index is 1.91. The highest BCUT2D eigenvalue weighted by Gasteiger charge is 2.21. The predicted octanol–water partition coefficient (Wildman–Crippen LogP) is 2.20. The van der Waals surface area contributed by atoms with Crippen LogP contribution in [0.2, 0.25) is 0 Å². The zero-order chi connectivity index (χ0) is 16.9. The average molecular weight is 317 g/mol. The van der Waals surface area contributed by atoms with Crippen LogP contribution in [0.3, 0.4) is 0 Å². The van der Waals surface area contributed by atoms with Crippen LogP contribution in [-0.4, -0.2) is 29.3 Å². The molecule has 0 aliphatic heterocycles. The van der Waals surface area contributed by atoms with Gasteiger partial charge in [-0.1, -0.05) is 26.0 Å². The summed E-state index contributed by atoms with van der Waals surface area (Å²) in [5.74, 6) is 0.507. The summed E-state index contributed by atoms with van der Waals surface area (Å²) in [6, 6.07) is 8.59. The Morgan fingerprint density at radius 2 is 1.91 bits per heavy atom. The van der Waals surface area contributed by atoms with E-state index in [1.807, 2.05) is 29.9 Å². The average Bonchev–Trinajstić information content (AvgIpc) is 2.93. The number of aryl methyl sites for hydroxylation is 1. The Hall–Kier alpha value is -2.37. The fourth-order valence-electron chi connectivity index (χ4n) is 2.28. The largest absolute Gasteiger partial charge is 0.356 e. The van der Waals surface area contributed by atoms with E-state index >= 15 is 0 Å². The lowest BCUT2D eigenvalue weighted by atomic mass is 9.84. The van der Waals surface area contributed by atoms with E-state index in [9.17, 15) is 4.39 Å². The maximum Gasteiger partial charge on any atom is 0.191 e. The third-order valence-corrected chi connectivity index (χ3v) is 3.91. The molecular weight excluding hydrogens is 293 g/mol. The number of guanidine groups is 1. The molecule has 23 heavy (non-hydrogen) atoms. The normalized spacial score (nSPS) is 12.3. The van der Waals surface area contributed by atoms with Gasteiger partial charge in [-0.05, 0) is 23.8 Å². The summed E-state index contributed by atoms with van der Waals surface area (Å²) in [5, 5.41) is 10.7. The van der Waals surface area contributed by atoms with Crippen molar-refractivity contribution in [3.63, 3.8) is 0 Å². The molecule has 1 aromatic heterocycles. The maximum absolute atomic E-state index is 13.1. The van der Waals surface area contributed by atoms with Crippen molar-refractivity contribution in [2.24, 2.45) is 12.0 Å². The van der Waals surface area contributed by atoms with E-state index < -0.39 is 0 Å². The molecule has 0 spiro atoms. The molecule has 0 aliphatic carbocycles. The van der Waals surface area contributed by atoms with Crippen LogP contribution in [0.1, 0.15) is 25.1 Å². The van der Waals surface area contributed by atoms with Crippen molar-refractivity contribution in [3.8, 4) is 0 Å². The molecule has 6 heteroatoms. The van der Waals surface area contributed by atoms with E-state index in [1.165, 1.54) is 12.1 Å². The van der Waals surface area contributed by atoms with Gasteiger partial charge in [0.2, 0.25) is 0 Å². The smallest absolute Gasteiger partial charge is 0.191 e. The number of aliphatic imine (C=N–C) groups is 1. The number of hydrogen-bond donors (Lipinski definition) is 2. The topological polar surface area (TPSA) is 54.2 Å². The van der Waals surface area contributed by atoms with Gasteiger partial charge in [-0.15, -0.1) is 0 Å². The standard InChI is InChI=1S/C17H24FN5/c1-17(2,13-5-7-14(18)8-6-13)12-21-16(19-3)20-11-15-9-10-22-23(15)4/h5-10H,11-12H2,1-4H3,(H2,19,20,21). The molecule has 0 unspecified atom stereocenters. The minimum Gasteiger partial charge on any atom is -0.356 e. The fourth-order valence-corrected chi connectivity index (χ4v) is 2.28. The van der Waals surface area contributed by atoms with Crippen LogP contribution >= 0.6 is 0 Å². The molecule has 0 bridgehead atoms. The number of rotatable bonds is 5. The van der Waals surface area contributed by atoms with Crippen molar-refractivity contribution in [2.75, 3.05) is 13.6 Å². The van der Waals surface area contributed by atoms with Gasteiger partial charge < -0.3 is 10.6 Å². The van der Waals surface area contributed by atoms with E-state index in [0.29, 0.717) is 13.1 Å². The van der Waals surface area contributed by atoms with Crippen molar-refractivity contribution in [3.05, 3.63) is 53.6 Å². The lowest BCUT2D eigenvalue weighted by Crippen LogP contribution is -2.43. The molecular formula is C17H24FN5. The molecule has 0 radical (unpaired) electrons. The van der Waals surface area contributed by atoms with Gasteiger partial charge in [-0.3, -0.25) is 9.67 Å². The first kappa shape index (κ1) is 17.0. The number of nitrogens with zero attached hydrogens (tertiary/aromatic N) is 3. The first-order valence-corrected chi connectivity index (χ1v) is 7.60. The molecule has 1 aromatic carbocycles. The van der Waals surface area contributed by atoms with Gasteiger partial charge in [0.05, 0.1) is 12.2 Å². The minimum absolute atomic E-state index is 0.141. The second kappa shape index (κ2) is 7.26. The van der Waals surface area contributed by atoms with Gasteiger partial charge >= 0.3 is 0 Å². The summed E-state index contributed by atoms with van der Waals surface area (Å²) in [6.07, 6.45) is 1.77. The van der Waals surface area contributed by atoms with Gasteiger partial charge in [-0.25, -0.2) is 4.39 Å². The van der Waals surface area contributed by atoms with Gasteiger partial charge in [0.15, 0.2) is 5.96 Å². The van der Waals surface area contributed by atoms with E-state index in [1.54, 1.807) is 13.2 Å². The zero-order valence-corrected chi connectivity index (χ0v) is 14.1. The second-order valence-electron chi connectivity index (χ2n) is 6.12. The third-order valence-electron chi connectivity index (χ3n) is 3.91. The molecule has 0 amide bonds. The SMILES string of the molecule is CN=C(NCc1ccnn1C)NCC(C)(C)c1ccc(F)cc1. The molecule has 0 aliphatic rings. The highest BCUT2D eigenvalue weighted by molar-refractivity contribution is 5.79. The Labute approximate surface area is 136 Å². The van der Waals surface area contributed by atoms with Crippen LogP contribution in [0.25, 0.3) is 0 Å². The van der Waals surface area contributed by atoms with Crippen LogP contribution < -0.4 is 10.6 Å². The lowest BCUT2D eigenvalue weighted by molar-refractivity contribution is 0.506. The van der Waals surface area contributed by atoms with Crippen molar-refractivity contribution < 1.29 is 4.39 Å². The van der Waals surface area contributed by atoms with Crippen molar-refractivity contribution >= 4 is 5.96 Å². The first-order chi connectivity index (χ1) is 10.9. The summed E-state index contributed by atoms with van der Waals surface area (Å²) >= 11 is 0. The monoisotopic (exact) mass is 317 g/mol. The van der Waals surface area contributed by atoms with E-state index in [2.05, 4.69) is 34.6 Å². The summed E-state index contributed by atoms with van der Waals surface area (Å²) < 4.78 is 14.9. The molecule has 2 N–H and O–H groups in total. The molecule has 0 saturated heterocycles. The summed E-state index contributed by atoms with van der Waals surface area (Å²) in [4.78, 5) is 4.23. The van der Waals surface area contributed by atoms with E-state index in [-0.39, 0.29) is 11.2 Å². The minimum atomic E-state index is -0.217. The quantitative estimate of drug-likeness (QED) is 0.657. The Morgan fingerprint density at radius 1 is 1.22 bits per heavy atom. The molecule has 124 valence electrons. The number of halogens is 1. The molecule has 0 fully saturated rings. The van der Waals surface area contributed by atoms with Crippen molar-refractivity contribution in [1.82, 2.24) is 20.4 Å². The maximum atomic E-state index is 13.1. The number of hydrogen-bond acceptors (Lipinski definition) is 2. The van der Waals surface area contributed by atoms with Gasteiger partial charge in [0.1, 0.15) is 5.82 Å². The van der Waals surface area contributed by atoms with E-state index in [0.717, 1.165) is 17.2 Å². The number of benzene rings is 1. The Bertz CT molecular complexity index is 658. The van der Waals surface area contributed by atoms with Crippen LogP contribution in [-0.2, 0) is 19.0 Å². The Morgan fingerprint density at radius 3 is 2.48 bits per heavy atom. The summed E-state index contributed by atoms with van der Waals surface area (Å²) in [7, 11) is 3.65. The Kier molecular flexibility index (Phi) is 5.36. The van der Waals surface area contributed by atoms with Gasteiger partial charge in [0.25, 0.3) is 0 Å². The molecule has 0 atom stereocenters. The van der Waals surface area contributed by atoms with Crippen LogP contribution in [0, 0.1) is 5.82 Å².